The van der Waals surface area contributed by atoms with Crippen LogP contribution in [0.4, 0.5) is 13.2 Å². The number of carbonyl (C=O) groups excluding carboxylic acids is 1. The van der Waals surface area contributed by atoms with Gasteiger partial charge in [-0.05, 0) is 37.3 Å². The quantitative estimate of drug-likeness (QED) is 0.715. The first-order valence-electron chi connectivity index (χ1n) is 8.02. The van der Waals surface area contributed by atoms with Gasteiger partial charge in [0.25, 0.3) is 11.5 Å². The van der Waals surface area contributed by atoms with E-state index in [1.54, 1.807) is 6.92 Å². The second-order valence-electron chi connectivity index (χ2n) is 5.61. The fourth-order valence-corrected chi connectivity index (χ4v) is 2.57. The monoisotopic (exact) mass is 411 g/mol. The molecule has 0 aliphatic heterocycles. The van der Waals surface area contributed by atoms with E-state index in [0.717, 1.165) is 4.80 Å². The Balaban J connectivity index is 2.00. The number of nitrogens with zero attached hydrogens (tertiary/aromatic N) is 4. The molecule has 0 saturated heterocycles. The Kier molecular flexibility index (Phi) is 5.23. The van der Waals surface area contributed by atoms with Gasteiger partial charge in [-0.3, -0.25) is 14.2 Å². The normalized spacial score (nSPS) is 11.5. The zero-order chi connectivity index (χ0) is 20.5. The summed E-state index contributed by atoms with van der Waals surface area (Å²) >= 11 is 5.75. The third kappa shape index (κ3) is 3.91. The molecule has 0 atom stereocenters. The maximum atomic E-state index is 13.2. The number of halogens is 4. The number of alkyl halides is 3. The highest BCUT2D eigenvalue weighted by atomic mass is 35.5. The first-order chi connectivity index (χ1) is 13.2. The van der Waals surface area contributed by atoms with Crippen LogP contribution in [0.25, 0.3) is 11.4 Å². The maximum Gasteiger partial charge on any atom is 0.437 e. The van der Waals surface area contributed by atoms with Crippen molar-refractivity contribution in [3.8, 4) is 11.4 Å². The van der Waals surface area contributed by atoms with Crippen molar-refractivity contribution in [3.63, 3.8) is 0 Å². The number of carbonyl (C=O) groups is 1. The molecular formula is C17H13ClF3N5O2. The van der Waals surface area contributed by atoms with Crippen molar-refractivity contribution in [3.05, 3.63) is 69.4 Å². The molecule has 0 bridgehead atoms. The third-order valence-corrected chi connectivity index (χ3v) is 3.91. The molecule has 0 aliphatic rings. The Bertz CT molecular complexity index is 1070. The number of benzene rings is 1. The molecule has 2 aromatic heterocycles. The predicted octanol–water partition coefficient (Wildman–Crippen LogP) is 2.84. The molecular weight excluding hydrogens is 399 g/mol. The van der Waals surface area contributed by atoms with Crippen LogP contribution in [0.2, 0.25) is 5.02 Å². The van der Waals surface area contributed by atoms with Gasteiger partial charge in [-0.25, -0.2) is 0 Å². The van der Waals surface area contributed by atoms with Crippen molar-refractivity contribution in [2.24, 2.45) is 0 Å². The van der Waals surface area contributed by atoms with E-state index in [4.69, 9.17) is 11.6 Å². The van der Waals surface area contributed by atoms with Crippen molar-refractivity contribution >= 4 is 17.5 Å². The van der Waals surface area contributed by atoms with Gasteiger partial charge in [-0.1, -0.05) is 11.6 Å². The minimum absolute atomic E-state index is 0.146. The molecule has 11 heteroatoms. The highest BCUT2D eigenvalue weighted by Gasteiger charge is 2.40. The smallest absolute Gasteiger partial charge is 0.351 e. The zero-order valence-electron chi connectivity index (χ0n) is 14.4. The molecule has 3 rings (SSSR count). The Morgan fingerprint density at radius 3 is 2.36 bits per heavy atom. The molecule has 0 unspecified atom stereocenters. The van der Waals surface area contributed by atoms with Crippen LogP contribution < -0.4 is 10.9 Å². The molecule has 2 heterocycles. The lowest BCUT2D eigenvalue weighted by Gasteiger charge is -2.06. The van der Waals surface area contributed by atoms with Crippen LogP contribution in [0.3, 0.4) is 0 Å². The summed E-state index contributed by atoms with van der Waals surface area (Å²) in [7, 11) is 0. The molecule has 0 fully saturated rings. The summed E-state index contributed by atoms with van der Waals surface area (Å²) in [5, 5.41) is 9.67. The van der Waals surface area contributed by atoms with E-state index in [1.807, 2.05) is 0 Å². The number of amides is 1. The second kappa shape index (κ2) is 7.47. The Morgan fingerprint density at radius 1 is 1.14 bits per heavy atom. The van der Waals surface area contributed by atoms with Crippen molar-refractivity contribution in [2.45, 2.75) is 13.1 Å². The molecule has 0 aliphatic carbocycles. The molecule has 0 saturated carbocycles. The van der Waals surface area contributed by atoms with Crippen molar-refractivity contribution in [1.82, 2.24) is 24.9 Å². The van der Waals surface area contributed by atoms with Crippen LogP contribution in [0.15, 0.2) is 47.4 Å². The molecule has 28 heavy (non-hydrogen) atoms. The average molecular weight is 412 g/mol. The lowest BCUT2D eigenvalue weighted by Crippen LogP contribution is -2.26. The zero-order valence-corrected chi connectivity index (χ0v) is 15.1. The summed E-state index contributed by atoms with van der Waals surface area (Å²) < 4.78 is 40.9. The Morgan fingerprint density at radius 2 is 1.79 bits per heavy atom. The van der Waals surface area contributed by atoms with E-state index >= 15 is 0 Å². The molecule has 1 N–H and O–H groups in total. The Hall–Kier alpha value is -3.14. The van der Waals surface area contributed by atoms with Gasteiger partial charge in [0.1, 0.15) is 0 Å². The molecule has 7 nitrogen and oxygen atoms in total. The van der Waals surface area contributed by atoms with Crippen LogP contribution in [-0.4, -0.2) is 32.0 Å². The largest absolute Gasteiger partial charge is 0.437 e. The van der Waals surface area contributed by atoms with Gasteiger partial charge in [0, 0.05) is 29.5 Å². The molecule has 1 amide bonds. The average Bonchev–Trinajstić information content (AvgIpc) is 3.08. The van der Waals surface area contributed by atoms with Crippen molar-refractivity contribution in [1.29, 1.82) is 0 Å². The van der Waals surface area contributed by atoms with E-state index < -0.39 is 23.5 Å². The molecule has 3 aromatic rings. The summed E-state index contributed by atoms with van der Waals surface area (Å²) in [6.07, 6.45) is -3.37. The number of hydrogen-bond acceptors (Lipinski definition) is 4. The Labute approximate surface area is 161 Å². The lowest BCUT2D eigenvalue weighted by atomic mass is 10.2. The highest BCUT2D eigenvalue weighted by Crippen LogP contribution is 2.30. The van der Waals surface area contributed by atoms with E-state index in [1.165, 1.54) is 47.2 Å². The van der Waals surface area contributed by atoms with Crippen LogP contribution >= 0.6 is 11.6 Å². The minimum atomic E-state index is -4.84. The topological polar surface area (TPSA) is 81.8 Å². The van der Waals surface area contributed by atoms with Crippen molar-refractivity contribution in [2.75, 3.05) is 6.54 Å². The predicted molar refractivity (Wildman–Crippen MR) is 95.0 cm³/mol. The lowest BCUT2D eigenvalue weighted by molar-refractivity contribution is -0.141. The summed E-state index contributed by atoms with van der Waals surface area (Å²) in [6, 6.07) is 8.63. The highest BCUT2D eigenvalue weighted by molar-refractivity contribution is 6.30. The molecule has 1 aromatic carbocycles. The van der Waals surface area contributed by atoms with E-state index in [0.29, 0.717) is 5.69 Å². The summed E-state index contributed by atoms with van der Waals surface area (Å²) in [6.45, 7) is 1.72. The minimum Gasteiger partial charge on any atom is -0.351 e. The standard InChI is InChI=1S/C17H13ClF3N5O2/c1-2-22-16(28)14-15(17(19,20)21)24-26(23-14)12-5-3-11(4-6-12)25-8-7-10(18)9-13(25)27/h3-9H,2H2,1H3,(H,22,28). The van der Waals surface area contributed by atoms with Gasteiger partial charge in [0.2, 0.25) is 0 Å². The number of nitrogens with one attached hydrogen (secondary N) is 1. The number of pyridine rings is 1. The van der Waals surface area contributed by atoms with Gasteiger partial charge >= 0.3 is 6.18 Å². The summed E-state index contributed by atoms with van der Waals surface area (Å²) in [5.41, 5.74) is -1.90. The number of aromatic nitrogens is 4. The summed E-state index contributed by atoms with van der Waals surface area (Å²) in [5.74, 6) is -0.967. The van der Waals surface area contributed by atoms with Gasteiger partial charge in [0.15, 0.2) is 11.4 Å². The fourth-order valence-electron chi connectivity index (χ4n) is 2.42. The van der Waals surface area contributed by atoms with Crippen LogP contribution in [0.1, 0.15) is 23.1 Å². The second-order valence-corrected chi connectivity index (χ2v) is 6.05. The molecule has 0 radical (unpaired) electrons. The maximum absolute atomic E-state index is 13.2. The van der Waals surface area contributed by atoms with E-state index in [-0.39, 0.29) is 22.8 Å². The number of hydrogen-bond donors (Lipinski definition) is 1. The number of rotatable bonds is 4. The molecule has 0 spiro atoms. The third-order valence-electron chi connectivity index (χ3n) is 3.68. The van der Waals surface area contributed by atoms with Gasteiger partial charge in [-0.15, -0.1) is 10.2 Å². The van der Waals surface area contributed by atoms with Crippen molar-refractivity contribution < 1.29 is 18.0 Å². The van der Waals surface area contributed by atoms with Gasteiger partial charge in [-0.2, -0.15) is 18.0 Å². The van der Waals surface area contributed by atoms with Gasteiger partial charge in [0.05, 0.1) is 5.69 Å². The first kappa shape index (κ1) is 19.6. The van der Waals surface area contributed by atoms with Gasteiger partial charge < -0.3 is 5.32 Å². The summed E-state index contributed by atoms with van der Waals surface area (Å²) in [4.78, 5) is 24.6. The van der Waals surface area contributed by atoms with Crippen LogP contribution in [-0.2, 0) is 6.18 Å². The SMILES string of the molecule is CCNC(=O)c1nn(-c2ccc(-n3ccc(Cl)cc3=O)cc2)nc1C(F)(F)F. The van der Waals surface area contributed by atoms with Crippen LogP contribution in [0, 0.1) is 0 Å². The van der Waals surface area contributed by atoms with E-state index in [2.05, 4.69) is 15.5 Å². The molecule has 146 valence electrons. The fraction of sp³-hybridized carbons (Fsp3) is 0.176. The first-order valence-corrected chi connectivity index (χ1v) is 8.40. The van der Waals surface area contributed by atoms with Crippen LogP contribution in [0.5, 0.6) is 0 Å². The van der Waals surface area contributed by atoms with E-state index in [9.17, 15) is 22.8 Å².